The Kier molecular flexibility index (Phi) is 5.63. The second-order valence-corrected chi connectivity index (χ2v) is 4.85. The molecule has 18 heavy (non-hydrogen) atoms. The highest BCUT2D eigenvalue weighted by atomic mass is 35.5. The predicted molar refractivity (Wildman–Crippen MR) is 76.0 cm³/mol. The van der Waals surface area contributed by atoms with Crippen LogP contribution in [-0.4, -0.2) is 29.9 Å². The molecule has 0 bridgehead atoms. The third-order valence-corrected chi connectivity index (χ3v) is 3.59. The molecule has 1 aliphatic rings. The number of nitrogens with zero attached hydrogens (tertiary/aromatic N) is 1. The van der Waals surface area contributed by atoms with E-state index in [1.54, 1.807) is 0 Å². The molecule has 3 nitrogen and oxygen atoms in total. The van der Waals surface area contributed by atoms with Crippen molar-refractivity contribution in [2.45, 2.75) is 25.8 Å². The number of hydrogen-bond donors (Lipinski definition) is 1. The molecule has 0 aliphatic carbocycles. The van der Waals surface area contributed by atoms with Gasteiger partial charge in [0.25, 0.3) is 5.91 Å². The number of amides is 1. The molecular formula is C14H21ClN2O. The summed E-state index contributed by atoms with van der Waals surface area (Å²) >= 11 is 0. The van der Waals surface area contributed by atoms with E-state index in [1.807, 2.05) is 35.2 Å². The lowest BCUT2D eigenvalue weighted by molar-refractivity contribution is 0.0681. The summed E-state index contributed by atoms with van der Waals surface area (Å²) in [6.45, 7) is 3.72. The number of likely N-dealkylation sites (tertiary alicyclic amines) is 1. The summed E-state index contributed by atoms with van der Waals surface area (Å²) in [5, 5.41) is 0. The molecule has 1 saturated heterocycles. The van der Waals surface area contributed by atoms with Crippen molar-refractivity contribution in [3.63, 3.8) is 0 Å². The largest absolute Gasteiger partial charge is 0.339 e. The molecule has 2 rings (SSSR count). The van der Waals surface area contributed by atoms with Crippen LogP contribution in [0.4, 0.5) is 0 Å². The molecular weight excluding hydrogens is 248 g/mol. The lowest BCUT2D eigenvalue weighted by Crippen LogP contribution is -2.42. The molecule has 0 saturated carbocycles. The van der Waals surface area contributed by atoms with Gasteiger partial charge in [-0.05, 0) is 37.8 Å². The smallest absolute Gasteiger partial charge is 0.253 e. The number of benzene rings is 1. The van der Waals surface area contributed by atoms with Gasteiger partial charge in [0, 0.05) is 24.7 Å². The van der Waals surface area contributed by atoms with E-state index in [4.69, 9.17) is 5.73 Å². The Labute approximate surface area is 115 Å². The zero-order valence-electron chi connectivity index (χ0n) is 10.7. The Balaban J connectivity index is 0.00000162. The van der Waals surface area contributed by atoms with Gasteiger partial charge in [0.15, 0.2) is 0 Å². The Bertz CT molecular complexity index is 373. The summed E-state index contributed by atoms with van der Waals surface area (Å²) < 4.78 is 0. The van der Waals surface area contributed by atoms with Gasteiger partial charge in [-0.3, -0.25) is 4.79 Å². The first-order chi connectivity index (χ1) is 8.18. The van der Waals surface area contributed by atoms with Crippen LogP contribution in [0, 0.1) is 5.92 Å². The van der Waals surface area contributed by atoms with Gasteiger partial charge in [-0.1, -0.05) is 18.2 Å². The third kappa shape index (κ3) is 3.47. The maximum absolute atomic E-state index is 12.2. The summed E-state index contributed by atoms with van der Waals surface area (Å²) in [4.78, 5) is 14.1. The van der Waals surface area contributed by atoms with Gasteiger partial charge < -0.3 is 10.6 Å². The summed E-state index contributed by atoms with van der Waals surface area (Å²) in [5.74, 6) is 0.712. The predicted octanol–water partition coefficient (Wildman–Crippen LogP) is 2.31. The minimum Gasteiger partial charge on any atom is -0.339 e. The highest BCUT2D eigenvalue weighted by Gasteiger charge is 2.25. The lowest BCUT2D eigenvalue weighted by atomic mass is 9.90. The quantitative estimate of drug-likeness (QED) is 0.895. The van der Waals surface area contributed by atoms with Gasteiger partial charge in [0.05, 0.1) is 0 Å². The zero-order valence-corrected chi connectivity index (χ0v) is 11.5. The number of piperidine rings is 1. The fourth-order valence-corrected chi connectivity index (χ4v) is 2.39. The highest BCUT2D eigenvalue weighted by molar-refractivity contribution is 5.94. The topological polar surface area (TPSA) is 46.3 Å². The number of carbonyl (C=O) groups excluding carboxylic acids is 1. The Morgan fingerprint density at radius 3 is 2.33 bits per heavy atom. The van der Waals surface area contributed by atoms with Crippen LogP contribution in [0.5, 0.6) is 0 Å². The van der Waals surface area contributed by atoms with Crippen LogP contribution in [0.25, 0.3) is 0 Å². The third-order valence-electron chi connectivity index (χ3n) is 3.59. The van der Waals surface area contributed by atoms with Crippen LogP contribution in [0.15, 0.2) is 30.3 Å². The first-order valence-electron chi connectivity index (χ1n) is 6.28. The number of halogens is 1. The monoisotopic (exact) mass is 268 g/mol. The molecule has 1 heterocycles. The van der Waals surface area contributed by atoms with Gasteiger partial charge in [0.2, 0.25) is 0 Å². The molecule has 1 aliphatic heterocycles. The van der Waals surface area contributed by atoms with Crippen LogP contribution in [0.1, 0.15) is 30.1 Å². The molecule has 1 aromatic carbocycles. The molecule has 1 aromatic rings. The lowest BCUT2D eigenvalue weighted by Gasteiger charge is -2.33. The van der Waals surface area contributed by atoms with Crippen LogP contribution < -0.4 is 5.73 Å². The highest BCUT2D eigenvalue weighted by Crippen LogP contribution is 2.20. The van der Waals surface area contributed by atoms with E-state index in [2.05, 4.69) is 6.92 Å². The Hall–Kier alpha value is -1.06. The van der Waals surface area contributed by atoms with Crippen molar-refractivity contribution in [3.8, 4) is 0 Å². The molecule has 1 atom stereocenters. The van der Waals surface area contributed by atoms with E-state index < -0.39 is 0 Å². The number of hydrogen-bond acceptors (Lipinski definition) is 2. The van der Waals surface area contributed by atoms with E-state index in [-0.39, 0.29) is 24.4 Å². The van der Waals surface area contributed by atoms with Gasteiger partial charge in [-0.2, -0.15) is 0 Å². The van der Waals surface area contributed by atoms with E-state index >= 15 is 0 Å². The maximum Gasteiger partial charge on any atom is 0.253 e. The van der Waals surface area contributed by atoms with Gasteiger partial charge in [-0.15, -0.1) is 12.4 Å². The molecule has 1 unspecified atom stereocenters. The molecule has 1 fully saturated rings. The summed E-state index contributed by atoms with van der Waals surface area (Å²) in [7, 11) is 0. The molecule has 1 amide bonds. The summed E-state index contributed by atoms with van der Waals surface area (Å²) in [6, 6.07) is 9.73. The molecule has 100 valence electrons. The Morgan fingerprint density at radius 2 is 1.83 bits per heavy atom. The number of nitrogens with two attached hydrogens (primary N) is 1. The van der Waals surface area contributed by atoms with E-state index in [1.165, 1.54) is 0 Å². The average molecular weight is 269 g/mol. The van der Waals surface area contributed by atoms with Crippen molar-refractivity contribution >= 4 is 18.3 Å². The molecule has 0 radical (unpaired) electrons. The van der Waals surface area contributed by atoms with E-state index in [0.29, 0.717) is 5.92 Å². The molecule has 4 heteroatoms. The second-order valence-electron chi connectivity index (χ2n) is 4.85. The van der Waals surface area contributed by atoms with Crippen LogP contribution >= 0.6 is 12.4 Å². The molecule has 0 aromatic heterocycles. The van der Waals surface area contributed by atoms with Crippen molar-refractivity contribution in [1.29, 1.82) is 0 Å². The summed E-state index contributed by atoms with van der Waals surface area (Å²) in [6.07, 6.45) is 2.05. The van der Waals surface area contributed by atoms with Crippen molar-refractivity contribution in [1.82, 2.24) is 4.90 Å². The first-order valence-corrected chi connectivity index (χ1v) is 6.28. The minimum absolute atomic E-state index is 0. The normalized spacial score (nSPS) is 18.0. The van der Waals surface area contributed by atoms with Crippen molar-refractivity contribution in [2.75, 3.05) is 13.1 Å². The van der Waals surface area contributed by atoms with Gasteiger partial charge in [-0.25, -0.2) is 0 Å². The Morgan fingerprint density at radius 1 is 1.28 bits per heavy atom. The van der Waals surface area contributed by atoms with Crippen molar-refractivity contribution in [2.24, 2.45) is 11.7 Å². The number of carbonyl (C=O) groups is 1. The summed E-state index contributed by atoms with van der Waals surface area (Å²) in [5.41, 5.74) is 6.68. The first kappa shape index (κ1) is 15.0. The van der Waals surface area contributed by atoms with Gasteiger partial charge in [0.1, 0.15) is 0 Å². The van der Waals surface area contributed by atoms with Gasteiger partial charge >= 0.3 is 0 Å². The fourth-order valence-electron chi connectivity index (χ4n) is 2.39. The maximum atomic E-state index is 12.2. The fraction of sp³-hybridized carbons (Fsp3) is 0.500. The van der Waals surface area contributed by atoms with E-state index in [9.17, 15) is 4.79 Å². The van der Waals surface area contributed by atoms with Crippen molar-refractivity contribution < 1.29 is 4.79 Å². The average Bonchev–Trinajstić information content (AvgIpc) is 2.39. The standard InChI is InChI=1S/C14H20N2O.ClH/c1-11(15)12-7-9-16(10-8-12)14(17)13-5-3-2-4-6-13;/h2-6,11-12H,7-10,15H2,1H3;1H. The van der Waals surface area contributed by atoms with Crippen LogP contribution in [-0.2, 0) is 0 Å². The SMILES string of the molecule is CC(N)C1CCN(C(=O)c2ccccc2)CC1.Cl. The van der Waals surface area contributed by atoms with Crippen molar-refractivity contribution in [3.05, 3.63) is 35.9 Å². The molecule has 2 N–H and O–H groups in total. The number of rotatable bonds is 2. The zero-order chi connectivity index (χ0) is 12.3. The molecule has 0 spiro atoms. The van der Waals surface area contributed by atoms with Crippen LogP contribution in [0.3, 0.4) is 0 Å². The minimum atomic E-state index is 0. The van der Waals surface area contributed by atoms with Crippen LogP contribution in [0.2, 0.25) is 0 Å². The van der Waals surface area contributed by atoms with E-state index in [0.717, 1.165) is 31.5 Å². The second kappa shape index (κ2) is 6.76.